The quantitative estimate of drug-likeness (QED) is 0.257. The normalized spacial score (nSPS) is 10.9. The smallest absolute Gasteiger partial charge is 0.127 e. The van der Waals surface area contributed by atoms with Gasteiger partial charge in [-0.05, 0) is 73.2 Å². The van der Waals surface area contributed by atoms with Crippen LogP contribution in [0.4, 0.5) is 0 Å². The Morgan fingerprint density at radius 3 is 1.94 bits per heavy atom. The first kappa shape index (κ1) is 24.9. The minimum Gasteiger partial charge on any atom is -0.494 e. The van der Waals surface area contributed by atoms with Crippen LogP contribution in [0.15, 0.2) is 66.7 Å². The third kappa shape index (κ3) is 7.94. The van der Waals surface area contributed by atoms with E-state index in [1.54, 1.807) is 0 Å². The largest absolute Gasteiger partial charge is 0.494 e. The van der Waals surface area contributed by atoms with E-state index in [1.807, 2.05) is 0 Å². The van der Waals surface area contributed by atoms with Gasteiger partial charge in [-0.15, -0.1) is 0 Å². The first-order valence-corrected chi connectivity index (χ1v) is 12.5. The molecule has 3 aromatic rings. The zero-order chi connectivity index (χ0) is 23.3. The van der Waals surface area contributed by atoms with Gasteiger partial charge in [-0.1, -0.05) is 81.1 Å². The molecule has 0 fully saturated rings. The van der Waals surface area contributed by atoms with Crippen molar-refractivity contribution in [1.29, 1.82) is 0 Å². The van der Waals surface area contributed by atoms with Crippen LogP contribution >= 0.6 is 0 Å². The van der Waals surface area contributed by atoms with Crippen molar-refractivity contribution in [3.63, 3.8) is 0 Å². The van der Waals surface area contributed by atoms with E-state index < -0.39 is 0 Å². The molecule has 3 heteroatoms. The molecule has 0 aliphatic carbocycles. The summed E-state index contributed by atoms with van der Waals surface area (Å²) in [6, 6.07) is 23.6. The van der Waals surface area contributed by atoms with Crippen LogP contribution in [-0.4, -0.2) is 19.8 Å². The SMILES string of the molecule is CCCCCOc1ccc(-c2ccc(-c3ccc(C)cc3OCCCCCCN)cc2)cc1. The van der Waals surface area contributed by atoms with E-state index >= 15 is 0 Å². The van der Waals surface area contributed by atoms with E-state index in [2.05, 4.69) is 80.6 Å². The van der Waals surface area contributed by atoms with Crippen LogP contribution in [0.5, 0.6) is 11.5 Å². The fraction of sp³-hybridized carbons (Fsp3) is 0.400. The lowest BCUT2D eigenvalue weighted by molar-refractivity contribution is 0.306. The molecule has 2 N–H and O–H groups in total. The summed E-state index contributed by atoms with van der Waals surface area (Å²) in [6.07, 6.45) is 8.03. The van der Waals surface area contributed by atoms with Gasteiger partial charge >= 0.3 is 0 Å². The molecule has 0 saturated carbocycles. The molecule has 0 spiro atoms. The van der Waals surface area contributed by atoms with Gasteiger partial charge in [0.15, 0.2) is 0 Å². The van der Waals surface area contributed by atoms with E-state index in [9.17, 15) is 0 Å². The maximum atomic E-state index is 6.18. The summed E-state index contributed by atoms with van der Waals surface area (Å²) in [6.45, 7) is 6.62. The van der Waals surface area contributed by atoms with Gasteiger partial charge in [0.1, 0.15) is 11.5 Å². The molecule has 33 heavy (non-hydrogen) atoms. The highest BCUT2D eigenvalue weighted by Crippen LogP contribution is 2.33. The second-order valence-electron chi connectivity index (χ2n) is 8.71. The molecule has 0 aliphatic rings. The first-order chi connectivity index (χ1) is 16.2. The maximum absolute atomic E-state index is 6.18. The van der Waals surface area contributed by atoms with Crippen LogP contribution in [0.1, 0.15) is 57.4 Å². The summed E-state index contributed by atoms with van der Waals surface area (Å²) < 4.78 is 12.0. The Morgan fingerprint density at radius 2 is 1.24 bits per heavy atom. The van der Waals surface area contributed by atoms with Crippen LogP contribution < -0.4 is 15.2 Å². The van der Waals surface area contributed by atoms with Gasteiger partial charge < -0.3 is 15.2 Å². The molecule has 3 rings (SSSR count). The molecular weight excluding hydrogens is 406 g/mol. The van der Waals surface area contributed by atoms with Gasteiger partial charge in [-0.2, -0.15) is 0 Å². The fourth-order valence-corrected chi connectivity index (χ4v) is 3.90. The van der Waals surface area contributed by atoms with Crippen molar-refractivity contribution in [3.8, 4) is 33.8 Å². The lowest BCUT2D eigenvalue weighted by atomic mass is 9.99. The summed E-state index contributed by atoms with van der Waals surface area (Å²) in [4.78, 5) is 0. The summed E-state index contributed by atoms with van der Waals surface area (Å²) in [5, 5.41) is 0. The Bertz CT molecular complexity index is 948. The number of hydrogen-bond acceptors (Lipinski definition) is 3. The molecule has 0 aromatic heterocycles. The number of ether oxygens (including phenoxy) is 2. The third-order valence-electron chi connectivity index (χ3n) is 5.89. The van der Waals surface area contributed by atoms with E-state index in [0.717, 1.165) is 62.5 Å². The summed E-state index contributed by atoms with van der Waals surface area (Å²) in [7, 11) is 0. The van der Waals surface area contributed by atoms with Crippen LogP contribution in [-0.2, 0) is 0 Å². The van der Waals surface area contributed by atoms with Crippen molar-refractivity contribution < 1.29 is 9.47 Å². The second-order valence-corrected chi connectivity index (χ2v) is 8.71. The van der Waals surface area contributed by atoms with E-state index in [-0.39, 0.29) is 0 Å². The highest BCUT2D eigenvalue weighted by Gasteiger charge is 2.08. The van der Waals surface area contributed by atoms with Crippen molar-refractivity contribution in [3.05, 3.63) is 72.3 Å². The average molecular weight is 446 g/mol. The van der Waals surface area contributed by atoms with Crippen LogP contribution in [0.2, 0.25) is 0 Å². The standard InChI is InChI=1S/C30H39NO2/c1-3-4-8-21-32-28-17-15-26(16-18-28)25-11-13-27(14-12-25)29-19-10-24(2)23-30(29)33-22-9-6-5-7-20-31/h10-19,23H,3-9,20-22,31H2,1-2H3. The van der Waals surface area contributed by atoms with Gasteiger partial charge in [-0.25, -0.2) is 0 Å². The number of benzene rings is 3. The Balaban J connectivity index is 1.63. The molecular formula is C30H39NO2. The van der Waals surface area contributed by atoms with E-state index in [1.165, 1.54) is 41.5 Å². The highest BCUT2D eigenvalue weighted by molar-refractivity contribution is 5.74. The number of aryl methyl sites for hydroxylation is 1. The van der Waals surface area contributed by atoms with Gasteiger partial charge in [-0.3, -0.25) is 0 Å². The molecule has 0 radical (unpaired) electrons. The number of unbranched alkanes of at least 4 members (excludes halogenated alkanes) is 5. The molecule has 3 aromatic carbocycles. The van der Waals surface area contributed by atoms with Crippen LogP contribution in [0, 0.1) is 6.92 Å². The Kier molecular flexibility index (Phi) is 10.3. The minimum atomic E-state index is 0.742. The predicted molar refractivity (Wildman–Crippen MR) is 140 cm³/mol. The average Bonchev–Trinajstić information content (AvgIpc) is 2.85. The topological polar surface area (TPSA) is 44.5 Å². The van der Waals surface area contributed by atoms with Crippen molar-refractivity contribution in [2.75, 3.05) is 19.8 Å². The molecule has 0 aliphatic heterocycles. The fourth-order valence-electron chi connectivity index (χ4n) is 3.90. The zero-order valence-corrected chi connectivity index (χ0v) is 20.3. The maximum Gasteiger partial charge on any atom is 0.127 e. The first-order valence-electron chi connectivity index (χ1n) is 12.5. The molecule has 0 unspecified atom stereocenters. The van der Waals surface area contributed by atoms with E-state index in [0.29, 0.717) is 0 Å². The summed E-state index contributed by atoms with van der Waals surface area (Å²) in [5.41, 5.74) is 11.5. The second kappa shape index (κ2) is 13.7. The van der Waals surface area contributed by atoms with Gasteiger partial charge in [0, 0.05) is 5.56 Å². The van der Waals surface area contributed by atoms with Gasteiger partial charge in [0.25, 0.3) is 0 Å². The third-order valence-corrected chi connectivity index (χ3v) is 5.89. The zero-order valence-electron chi connectivity index (χ0n) is 20.3. The van der Waals surface area contributed by atoms with Gasteiger partial charge in [0.2, 0.25) is 0 Å². The molecule has 0 amide bonds. The monoisotopic (exact) mass is 445 g/mol. The predicted octanol–water partition coefficient (Wildman–Crippen LogP) is 7.80. The van der Waals surface area contributed by atoms with Crippen LogP contribution in [0.25, 0.3) is 22.3 Å². The van der Waals surface area contributed by atoms with Crippen molar-refractivity contribution in [2.24, 2.45) is 5.73 Å². The highest BCUT2D eigenvalue weighted by atomic mass is 16.5. The lowest BCUT2D eigenvalue weighted by Crippen LogP contribution is -2.01. The molecule has 176 valence electrons. The Hall–Kier alpha value is -2.78. The number of nitrogens with two attached hydrogens (primary N) is 1. The number of hydrogen-bond donors (Lipinski definition) is 1. The summed E-state index contributed by atoms with van der Waals surface area (Å²) >= 11 is 0. The molecule has 3 nitrogen and oxygen atoms in total. The molecule has 0 atom stereocenters. The van der Waals surface area contributed by atoms with Gasteiger partial charge in [0.05, 0.1) is 13.2 Å². The van der Waals surface area contributed by atoms with Crippen LogP contribution in [0.3, 0.4) is 0 Å². The Morgan fingerprint density at radius 1 is 0.636 bits per heavy atom. The van der Waals surface area contributed by atoms with Crippen molar-refractivity contribution >= 4 is 0 Å². The Labute approximate surface area is 199 Å². The number of rotatable bonds is 14. The van der Waals surface area contributed by atoms with Crippen molar-refractivity contribution in [2.45, 2.75) is 58.8 Å². The summed E-state index contributed by atoms with van der Waals surface area (Å²) in [5.74, 6) is 1.90. The minimum absolute atomic E-state index is 0.742. The molecule has 0 heterocycles. The molecule has 0 saturated heterocycles. The van der Waals surface area contributed by atoms with Crippen molar-refractivity contribution in [1.82, 2.24) is 0 Å². The van der Waals surface area contributed by atoms with E-state index in [4.69, 9.17) is 15.2 Å². The lowest BCUT2D eigenvalue weighted by Gasteiger charge is -2.13. The molecule has 0 bridgehead atoms.